The van der Waals surface area contributed by atoms with Gasteiger partial charge in [0, 0.05) is 28.4 Å². The number of halogens is 3. The van der Waals surface area contributed by atoms with Crippen molar-refractivity contribution in [1.29, 1.82) is 0 Å². The van der Waals surface area contributed by atoms with Gasteiger partial charge in [-0.2, -0.15) is 0 Å². The molecular formula is C14H14F3NS. The molecule has 19 heavy (non-hydrogen) atoms. The maximum absolute atomic E-state index is 13.6. The number of hydrogen-bond donors (Lipinski definition) is 1. The van der Waals surface area contributed by atoms with Crippen molar-refractivity contribution in [2.24, 2.45) is 0 Å². The van der Waals surface area contributed by atoms with Crippen LogP contribution in [0.4, 0.5) is 13.2 Å². The highest BCUT2D eigenvalue weighted by Gasteiger charge is 2.15. The van der Waals surface area contributed by atoms with Gasteiger partial charge in [0.2, 0.25) is 0 Å². The summed E-state index contributed by atoms with van der Waals surface area (Å²) in [6.07, 6.45) is 1.03. The van der Waals surface area contributed by atoms with E-state index in [1.54, 1.807) is 6.07 Å². The van der Waals surface area contributed by atoms with Crippen molar-refractivity contribution < 1.29 is 13.2 Å². The molecule has 0 saturated heterocycles. The second-order valence-electron chi connectivity index (χ2n) is 4.19. The van der Waals surface area contributed by atoms with Gasteiger partial charge < -0.3 is 5.32 Å². The minimum absolute atomic E-state index is 0.159. The van der Waals surface area contributed by atoms with Gasteiger partial charge in [-0.3, -0.25) is 0 Å². The van der Waals surface area contributed by atoms with E-state index in [2.05, 4.69) is 12.2 Å². The summed E-state index contributed by atoms with van der Waals surface area (Å²) in [6.45, 7) is 3.63. The van der Waals surface area contributed by atoms with Crippen molar-refractivity contribution in [3.63, 3.8) is 0 Å². The molecule has 0 aliphatic rings. The first kappa shape index (κ1) is 14.1. The molecule has 0 amide bonds. The van der Waals surface area contributed by atoms with Crippen molar-refractivity contribution in [2.75, 3.05) is 6.54 Å². The lowest BCUT2D eigenvalue weighted by Crippen LogP contribution is -2.12. The van der Waals surface area contributed by atoms with Crippen molar-refractivity contribution >= 4 is 11.3 Å². The van der Waals surface area contributed by atoms with Crippen LogP contribution in [-0.4, -0.2) is 6.54 Å². The van der Waals surface area contributed by atoms with Crippen LogP contribution in [0.1, 0.15) is 18.2 Å². The first-order valence-corrected chi connectivity index (χ1v) is 6.87. The normalized spacial score (nSPS) is 10.9. The third-order valence-corrected chi connectivity index (χ3v) is 3.74. The van der Waals surface area contributed by atoms with E-state index in [0.717, 1.165) is 17.8 Å². The maximum Gasteiger partial charge on any atom is 0.137 e. The quantitative estimate of drug-likeness (QED) is 0.806. The monoisotopic (exact) mass is 285 g/mol. The maximum atomic E-state index is 13.6. The van der Waals surface area contributed by atoms with Crippen LogP contribution in [0, 0.1) is 17.5 Å². The predicted octanol–water partition coefficient (Wildman–Crippen LogP) is 4.33. The number of nitrogens with one attached hydrogen (secondary N) is 1. The lowest BCUT2D eigenvalue weighted by molar-refractivity contribution is 0.548. The lowest BCUT2D eigenvalue weighted by atomic mass is 10.1. The third kappa shape index (κ3) is 3.36. The Morgan fingerprint density at radius 1 is 1.11 bits per heavy atom. The highest BCUT2D eigenvalue weighted by molar-refractivity contribution is 7.15. The molecule has 0 aliphatic carbocycles. The number of thiophene rings is 1. The second-order valence-corrected chi connectivity index (χ2v) is 5.36. The fraction of sp³-hybridized carbons (Fsp3) is 0.286. The zero-order valence-corrected chi connectivity index (χ0v) is 11.3. The van der Waals surface area contributed by atoms with Crippen molar-refractivity contribution in [2.45, 2.75) is 19.9 Å². The Hall–Kier alpha value is -1.33. The summed E-state index contributed by atoms with van der Waals surface area (Å²) < 4.78 is 40.1. The molecule has 0 bridgehead atoms. The zero-order chi connectivity index (χ0) is 13.8. The van der Waals surface area contributed by atoms with Gasteiger partial charge in [-0.15, -0.1) is 11.3 Å². The Morgan fingerprint density at radius 3 is 2.42 bits per heavy atom. The van der Waals surface area contributed by atoms with Crippen LogP contribution in [0.3, 0.4) is 0 Å². The van der Waals surface area contributed by atoms with Crippen LogP contribution in [0.5, 0.6) is 0 Å². The molecule has 1 heterocycles. The van der Waals surface area contributed by atoms with Crippen LogP contribution in [-0.2, 0) is 6.54 Å². The first-order chi connectivity index (χ1) is 9.11. The largest absolute Gasteiger partial charge is 0.312 e. The van der Waals surface area contributed by atoms with Crippen molar-refractivity contribution in [1.82, 2.24) is 5.32 Å². The van der Waals surface area contributed by atoms with Gasteiger partial charge in [-0.25, -0.2) is 13.2 Å². The molecule has 2 rings (SSSR count). The molecule has 0 aliphatic heterocycles. The lowest BCUT2D eigenvalue weighted by Gasteiger charge is -2.03. The van der Waals surface area contributed by atoms with E-state index in [9.17, 15) is 13.2 Å². The Morgan fingerprint density at radius 2 is 1.79 bits per heavy atom. The molecular weight excluding hydrogens is 271 g/mol. The zero-order valence-electron chi connectivity index (χ0n) is 10.5. The molecule has 1 aromatic carbocycles. The van der Waals surface area contributed by atoms with Crippen LogP contribution in [0.2, 0.25) is 0 Å². The topological polar surface area (TPSA) is 12.0 Å². The molecule has 2 aromatic rings. The summed E-state index contributed by atoms with van der Waals surface area (Å²) in [7, 11) is 0. The van der Waals surface area contributed by atoms with Gasteiger partial charge >= 0.3 is 0 Å². The molecule has 5 heteroatoms. The van der Waals surface area contributed by atoms with E-state index < -0.39 is 17.5 Å². The molecule has 0 fully saturated rings. The van der Waals surface area contributed by atoms with Gasteiger partial charge in [0.05, 0.1) is 5.56 Å². The molecule has 1 nitrogen and oxygen atoms in total. The summed E-state index contributed by atoms with van der Waals surface area (Å²) in [5, 5.41) is 3.22. The van der Waals surface area contributed by atoms with E-state index in [-0.39, 0.29) is 5.56 Å². The smallest absolute Gasteiger partial charge is 0.137 e. The van der Waals surface area contributed by atoms with E-state index in [0.29, 0.717) is 23.6 Å². The Kier molecular flexibility index (Phi) is 4.61. The molecule has 102 valence electrons. The highest BCUT2D eigenvalue weighted by atomic mass is 32.1. The van der Waals surface area contributed by atoms with Gasteiger partial charge in [0.25, 0.3) is 0 Å². The molecule has 0 unspecified atom stereocenters. The predicted molar refractivity (Wildman–Crippen MR) is 71.6 cm³/mol. The average molecular weight is 285 g/mol. The molecule has 0 radical (unpaired) electrons. The van der Waals surface area contributed by atoms with E-state index in [1.807, 2.05) is 6.07 Å². The molecule has 1 N–H and O–H groups in total. The SMILES string of the molecule is CCCNCc1ccc(-c2c(F)cc(F)cc2F)s1. The van der Waals surface area contributed by atoms with Gasteiger partial charge in [0.15, 0.2) is 0 Å². The summed E-state index contributed by atoms with van der Waals surface area (Å²) in [4.78, 5) is 1.47. The van der Waals surface area contributed by atoms with Crippen LogP contribution >= 0.6 is 11.3 Å². The number of hydrogen-bond acceptors (Lipinski definition) is 2. The fourth-order valence-electron chi connectivity index (χ4n) is 1.77. The van der Waals surface area contributed by atoms with Crippen LogP contribution in [0.15, 0.2) is 24.3 Å². The summed E-state index contributed by atoms with van der Waals surface area (Å²) in [5.41, 5.74) is -0.159. The molecule has 0 atom stereocenters. The molecule has 0 spiro atoms. The second kappa shape index (κ2) is 6.21. The van der Waals surface area contributed by atoms with Gasteiger partial charge in [0.1, 0.15) is 17.5 Å². The number of rotatable bonds is 5. The van der Waals surface area contributed by atoms with Gasteiger partial charge in [-0.1, -0.05) is 6.92 Å². The average Bonchev–Trinajstić information content (AvgIpc) is 2.76. The molecule has 0 saturated carbocycles. The Balaban J connectivity index is 2.23. The van der Waals surface area contributed by atoms with Crippen LogP contribution < -0.4 is 5.32 Å². The van der Waals surface area contributed by atoms with Crippen molar-refractivity contribution in [3.05, 3.63) is 46.6 Å². The highest BCUT2D eigenvalue weighted by Crippen LogP contribution is 2.32. The fourth-order valence-corrected chi connectivity index (χ4v) is 2.80. The van der Waals surface area contributed by atoms with Gasteiger partial charge in [-0.05, 0) is 25.1 Å². The Bertz CT molecular complexity index is 543. The number of benzene rings is 1. The molecule has 1 aromatic heterocycles. The minimum Gasteiger partial charge on any atom is -0.312 e. The van der Waals surface area contributed by atoms with Crippen molar-refractivity contribution in [3.8, 4) is 10.4 Å². The van der Waals surface area contributed by atoms with Crippen LogP contribution in [0.25, 0.3) is 10.4 Å². The summed E-state index contributed by atoms with van der Waals surface area (Å²) >= 11 is 1.31. The van der Waals surface area contributed by atoms with E-state index in [4.69, 9.17) is 0 Å². The third-order valence-electron chi connectivity index (χ3n) is 2.64. The first-order valence-electron chi connectivity index (χ1n) is 6.06. The van der Waals surface area contributed by atoms with E-state index >= 15 is 0 Å². The summed E-state index contributed by atoms with van der Waals surface area (Å²) in [5.74, 6) is -2.64. The summed E-state index contributed by atoms with van der Waals surface area (Å²) in [6, 6.07) is 4.89. The van der Waals surface area contributed by atoms with E-state index in [1.165, 1.54) is 11.3 Å². The standard InChI is InChI=1S/C14H14F3NS/c1-2-5-18-8-10-3-4-13(19-10)14-11(16)6-9(15)7-12(14)17/h3-4,6-7,18H,2,5,8H2,1H3. The minimum atomic E-state index is -0.903. The Labute approximate surface area is 114 Å².